The molecule has 0 saturated carbocycles. The van der Waals surface area contributed by atoms with E-state index in [-0.39, 0.29) is 6.61 Å². The molecule has 0 spiro atoms. The van der Waals surface area contributed by atoms with Crippen LogP contribution in [0.5, 0.6) is 0 Å². The largest absolute Gasteiger partial charge is 0.395 e. The smallest absolute Gasteiger partial charge is 0.0606 e. The molecule has 0 unspecified atom stereocenters. The molecule has 3 nitrogen and oxygen atoms in total. The van der Waals surface area contributed by atoms with Crippen LogP contribution in [0.3, 0.4) is 0 Å². The summed E-state index contributed by atoms with van der Waals surface area (Å²) in [5.41, 5.74) is 5.33. The van der Waals surface area contributed by atoms with Crippen molar-refractivity contribution in [2.24, 2.45) is 5.73 Å². The van der Waals surface area contributed by atoms with Crippen LogP contribution in [0.2, 0.25) is 0 Å². The lowest BCUT2D eigenvalue weighted by molar-refractivity contribution is 0.239. The van der Waals surface area contributed by atoms with Gasteiger partial charge in [-0.15, -0.1) is 0 Å². The number of aliphatic hydroxyl groups excluding tert-OH is 1. The summed E-state index contributed by atoms with van der Waals surface area (Å²) in [6.45, 7) is 4.24. The Morgan fingerprint density at radius 3 is 2.60 bits per heavy atom. The Balaban J connectivity index is 3.50. The van der Waals surface area contributed by atoms with E-state index in [9.17, 15) is 0 Å². The van der Waals surface area contributed by atoms with Gasteiger partial charge in [0.25, 0.3) is 0 Å². The molecule has 0 aliphatic rings. The summed E-state index contributed by atoms with van der Waals surface area (Å²) in [4.78, 5) is 1.99. The van der Waals surface area contributed by atoms with E-state index in [1.807, 2.05) is 24.1 Å². The average molecular weight is 144 g/mol. The molecule has 3 N–H and O–H groups in total. The highest BCUT2D eigenvalue weighted by Gasteiger charge is 1.93. The summed E-state index contributed by atoms with van der Waals surface area (Å²) < 4.78 is 0. The second kappa shape index (κ2) is 6.58. The van der Waals surface area contributed by atoms with Crippen molar-refractivity contribution in [3.8, 4) is 0 Å². The van der Waals surface area contributed by atoms with Crippen molar-refractivity contribution in [3.05, 3.63) is 12.3 Å². The van der Waals surface area contributed by atoms with Gasteiger partial charge in [0.15, 0.2) is 0 Å². The van der Waals surface area contributed by atoms with Crippen molar-refractivity contribution in [2.45, 2.75) is 6.92 Å². The quantitative estimate of drug-likeness (QED) is 0.560. The van der Waals surface area contributed by atoms with E-state index >= 15 is 0 Å². The molecular weight excluding hydrogens is 128 g/mol. The monoisotopic (exact) mass is 144 g/mol. The molecule has 0 aromatic carbocycles. The molecule has 0 aliphatic heterocycles. The van der Waals surface area contributed by atoms with Gasteiger partial charge in [-0.2, -0.15) is 0 Å². The molecule has 0 amide bonds. The first-order valence-corrected chi connectivity index (χ1v) is 3.53. The third-order valence-corrected chi connectivity index (χ3v) is 1.16. The van der Waals surface area contributed by atoms with E-state index in [2.05, 4.69) is 0 Å². The zero-order chi connectivity index (χ0) is 7.82. The number of aliphatic hydroxyl groups is 1. The molecule has 0 fully saturated rings. The lowest BCUT2D eigenvalue weighted by Crippen LogP contribution is -2.27. The highest BCUT2D eigenvalue weighted by Crippen LogP contribution is 1.86. The first-order chi connectivity index (χ1) is 4.85. The minimum Gasteiger partial charge on any atom is -0.395 e. The van der Waals surface area contributed by atoms with Crippen molar-refractivity contribution < 1.29 is 5.11 Å². The van der Waals surface area contributed by atoms with Crippen molar-refractivity contribution in [1.82, 2.24) is 4.90 Å². The minimum absolute atomic E-state index is 0.185. The van der Waals surface area contributed by atoms with Gasteiger partial charge in [-0.05, 0) is 13.1 Å². The summed E-state index contributed by atoms with van der Waals surface area (Å²) in [7, 11) is 0. The fourth-order valence-corrected chi connectivity index (χ4v) is 0.766. The second-order valence-corrected chi connectivity index (χ2v) is 2.03. The molecule has 0 saturated heterocycles. The summed E-state index contributed by atoms with van der Waals surface area (Å²) in [5.74, 6) is 0. The van der Waals surface area contributed by atoms with E-state index < -0.39 is 0 Å². The maximum absolute atomic E-state index is 8.57. The highest BCUT2D eigenvalue weighted by atomic mass is 16.3. The fraction of sp³-hybridized carbons (Fsp3) is 0.714. The summed E-state index contributed by atoms with van der Waals surface area (Å²) in [6.07, 6.45) is 3.87. The first kappa shape index (κ1) is 9.46. The molecule has 0 atom stereocenters. The van der Waals surface area contributed by atoms with Crippen LogP contribution in [0, 0.1) is 0 Å². The molecule has 0 aromatic rings. The van der Waals surface area contributed by atoms with Gasteiger partial charge < -0.3 is 15.7 Å². The Labute approximate surface area is 62.1 Å². The molecule has 0 rings (SSSR count). The minimum atomic E-state index is 0.185. The van der Waals surface area contributed by atoms with Crippen LogP contribution in [0.25, 0.3) is 0 Å². The molecule has 0 heterocycles. The Bertz CT molecular complexity index is 87.6. The molecule has 0 aliphatic carbocycles. The van der Waals surface area contributed by atoms with Gasteiger partial charge in [-0.3, -0.25) is 0 Å². The van der Waals surface area contributed by atoms with E-state index in [0.717, 1.165) is 6.54 Å². The third kappa shape index (κ3) is 4.35. The van der Waals surface area contributed by atoms with Gasteiger partial charge in [0.2, 0.25) is 0 Å². The maximum Gasteiger partial charge on any atom is 0.0606 e. The predicted molar refractivity (Wildman–Crippen MR) is 42.5 cm³/mol. The number of hydrogen-bond acceptors (Lipinski definition) is 3. The average Bonchev–Trinajstić information content (AvgIpc) is 1.90. The maximum atomic E-state index is 8.57. The van der Waals surface area contributed by atoms with E-state index in [1.54, 1.807) is 0 Å². The molecule has 0 aromatic heterocycles. The van der Waals surface area contributed by atoms with Gasteiger partial charge in [0, 0.05) is 19.6 Å². The molecule has 60 valence electrons. The lowest BCUT2D eigenvalue weighted by Gasteiger charge is -2.17. The van der Waals surface area contributed by atoms with Gasteiger partial charge in [-0.1, -0.05) is 6.08 Å². The van der Waals surface area contributed by atoms with Gasteiger partial charge in [0.05, 0.1) is 6.61 Å². The highest BCUT2D eigenvalue weighted by molar-refractivity contribution is 4.78. The third-order valence-electron chi connectivity index (χ3n) is 1.16. The van der Waals surface area contributed by atoms with Gasteiger partial charge >= 0.3 is 0 Å². The molecule has 3 heteroatoms. The van der Waals surface area contributed by atoms with Crippen LogP contribution in [0.15, 0.2) is 12.3 Å². The second-order valence-electron chi connectivity index (χ2n) is 2.03. The number of hydrogen-bond donors (Lipinski definition) is 2. The number of allylic oxidation sites excluding steroid dienone is 1. The topological polar surface area (TPSA) is 49.5 Å². The number of nitrogens with two attached hydrogens (primary N) is 1. The van der Waals surface area contributed by atoms with E-state index in [0.29, 0.717) is 13.1 Å². The SMILES string of the molecule is C/C=C/N(CCN)CCO. The zero-order valence-electron chi connectivity index (χ0n) is 6.45. The standard InChI is InChI=1S/C7H16N2O/c1-2-4-9(5-3-8)6-7-10/h2,4,10H,3,5-8H2,1H3/b4-2+. The molecular formula is C7H16N2O. The Hall–Kier alpha value is -0.540. The van der Waals surface area contributed by atoms with Gasteiger partial charge in [0.1, 0.15) is 0 Å². The van der Waals surface area contributed by atoms with Gasteiger partial charge in [-0.25, -0.2) is 0 Å². The van der Waals surface area contributed by atoms with Crippen molar-refractivity contribution in [1.29, 1.82) is 0 Å². The fourth-order valence-electron chi connectivity index (χ4n) is 0.766. The summed E-state index contributed by atoms with van der Waals surface area (Å²) in [6, 6.07) is 0. The van der Waals surface area contributed by atoms with E-state index in [1.165, 1.54) is 0 Å². The molecule has 0 bridgehead atoms. The Kier molecular flexibility index (Phi) is 6.22. The predicted octanol–water partition coefficient (Wildman–Crippen LogP) is -0.227. The van der Waals surface area contributed by atoms with Crippen LogP contribution < -0.4 is 5.73 Å². The molecule has 0 radical (unpaired) electrons. The van der Waals surface area contributed by atoms with E-state index in [4.69, 9.17) is 10.8 Å². The number of rotatable bonds is 5. The van der Waals surface area contributed by atoms with Crippen LogP contribution in [0.4, 0.5) is 0 Å². The van der Waals surface area contributed by atoms with Crippen LogP contribution in [0.1, 0.15) is 6.92 Å². The Morgan fingerprint density at radius 1 is 1.50 bits per heavy atom. The van der Waals surface area contributed by atoms with Crippen molar-refractivity contribution >= 4 is 0 Å². The van der Waals surface area contributed by atoms with Crippen molar-refractivity contribution in [2.75, 3.05) is 26.2 Å². The Morgan fingerprint density at radius 2 is 2.20 bits per heavy atom. The van der Waals surface area contributed by atoms with Crippen LogP contribution in [-0.2, 0) is 0 Å². The zero-order valence-corrected chi connectivity index (χ0v) is 6.45. The number of nitrogens with zero attached hydrogens (tertiary/aromatic N) is 1. The van der Waals surface area contributed by atoms with Crippen molar-refractivity contribution in [3.63, 3.8) is 0 Å². The first-order valence-electron chi connectivity index (χ1n) is 3.53. The summed E-state index contributed by atoms with van der Waals surface area (Å²) in [5, 5.41) is 8.57. The lowest BCUT2D eigenvalue weighted by atomic mass is 10.5. The summed E-state index contributed by atoms with van der Waals surface area (Å²) >= 11 is 0. The van der Waals surface area contributed by atoms with Crippen LogP contribution >= 0.6 is 0 Å². The molecule has 10 heavy (non-hydrogen) atoms. The normalized spacial score (nSPS) is 10.7. The van der Waals surface area contributed by atoms with Crippen LogP contribution in [-0.4, -0.2) is 36.2 Å².